The molecule has 1 aromatic carbocycles. The maximum atomic E-state index is 12.7. The molecule has 32 heavy (non-hydrogen) atoms. The van der Waals surface area contributed by atoms with Gasteiger partial charge in [0, 0.05) is 10.9 Å². The van der Waals surface area contributed by atoms with Gasteiger partial charge in [-0.2, -0.15) is 4.98 Å². The van der Waals surface area contributed by atoms with E-state index in [-0.39, 0.29) is 18.5 Å². The van der Waals surface area contributed by atoms with Gasteiger partial charge in [0.1, 0.15) is 17.7 Å². The van der Waals surface area contributed by atoms with E-state index < -0.39 is 5.69 Å². The first-order chi connectivity index (χ1) is 15.5. The minimum absolute atomic E-state index is 0.00769. The summed E-state index contributed by atoms with van der Waals surface area (Å²) in [6, 6.07) is 10.2. The molecule has 3 aromatic heterocycles. The van der Waals surface area contributed by atoms with Crippen LogP contribution in [0.4, 0.5) is 0 Å². The Bertz CT molecular complexity index is 1340. The Kier molecular flexibility index (Phi) is 5.55. The molecule has 5 rings (SSSR count). The van der Waals surface area contributed by atoms with Gasteiger partial charge in [-0.15, -0.1) is 11.3 Å². The number of nitrogens with one attached hydrogen (secondary N) is 1. The molecule has 3 heterocycles. The minimum atomic E-state index is -0.421. The Labute approximate surface area is 190 Å². The number of amides is 1. The topological polar surface area (TPSA) is 81.3 Å². The monoisotopic (exact) mass is 449 g/mol. The number of nitrogens with zero attached hydrogens (tertiary/aromatic N) is 4. The molecule has 0 saturated heterocycles. The number of aromatic nitrogens is 4. The summed E-state index contributed by atoms with van der Waals surface area (Å²) >= 11 is 1.70. The molecule has 0 aliphatic heterocycles. The summed E-state index contributed by atoms with van der Waals surface area (Å²) in [5.41, 5.74) is 2.71. The average Bonchev–Trinajstić information content (AvgIpc) is 3.29. The highest BCUT2D eigenvalue weighted by molar-refractivity contribution is 7.19. The fourth-order valence-electron chi connectivity index (χ4n) is 4.56. The first-order valence-electron chi connectivity index (χ1n) is 11.2. The summed E-state index contributed by atoms with van der Waals surface area (Å²) in [5, 5.41) is 3.99. The van der Waals surface area contributed by atoms with Gasteiger partial charge in [-0.05, 0) is 56.1 Å². The zero-order valence-electron chi connectivity index (χ0n) is 18.4. The van der Waals surface area contributed by atoms with Crippen LogP contribution in [0.5, 0.6) is 0 Å². The molecule has 1 amide bonds. The third-order valence-electron chi connectivity index (χ3n) is 6.31. The Morgan fingerprint density at radius 2 is 2.12 bits per heavy atom. The lowest BCUT2D eigenvalue weighted by atomic mass is 9.89. The van der Waals surface area contributed by atoms with E-state index in [1.54, 1.807) is 22.2 Å². The Balaban J connectivity index is 1.35. The number of benzene rings is 1. The number of aryl methyl sites for hydroxylation is 2. The molecule has 7 nitrogen and oxygen atoms in total. The normalized spacial score (nSPS) is 16.9. The van der Waals surface area contributed by atoms with Crippen LogP contribution in [0.3, 0.4) is 0 Å². The summed E-state index contributed by atoms with van der Waals surface area (Å²) in [7, 11) is 0. The maximum Gasteiger partial charge on any atom is 0.365 e. The lowest BCUT2D eigenvalue weighted by Gasteiger charge is -2.17. The molecule has 0 spiro atoms. The van der Waals surface area contributed by atoms with Gasteiger partial charge in [0.05, 0.1) is 5.39 Å². The predicted octanol–water partition coefficient (Wildman–Crippen LogP) is 3.37. The molecule has 1 aliphatic rings. The molecule has 4 aromatic rings. The number of carbonyl (C=O) groups is 1. The van der Waals surface area contributed by atoms with Crippen molar-refractivity contribution in [3.63, 3.8) is 0 Å². The van der Waals surface area contributed by atoms with E-state index in [0.29, 0.717) is 11.6 Å². The number of hydrogen-bond acceptors (Lipinski definition) is 5. The highest BCUT2D eigenvalue weighted by Crippen LogP contribution is 2.38. The first kappa shape index (κ1) is 20.9. The second-order valence-corrected chi connectivity index (χ2v) is 9.97. The van der Waals surface area contributed by atoms with E-state index in [2.05, 4.69) is 34.3 Å². The lowest BCUT2D eigenvalue weighted by molar-refractivity contribution is -0.122. The number of hydrogen-bond donors (Lipinski definition) is 1. The summed E-state index contributed by atoms with van der Waals surface area (Å²) in [5.74, 6) is 0.467. The first-order valence-corrected chi connectivity index (χ1v) is 12.0. The van der Waals surface area contributed by atoms with Gasteiger partial charge in [0.25, 0.3) is 0 Å². The van der Waals surface area contributed by atoms with Crippen LogP contribution in [0, 0.1) is 5.92 Å². The van der Waals surface area contributed by atoms with Crippen molar-refractivity contribution in [3.8, 4) is 0 Å². The molecule has 2 atom stereocenters. The van der Waals surface area contributed by atoms with Crippen LogP contribution >= 0.6 is 11.3 Å². The van der Waals surface area contributed by atoms with E-state index in [0.717, 1.165) is 42.3 Å². The minimum Gasteiger partial charge on any atom is -0.352 e. The molecular weight excluding hydrogens is 422 g/mol. The van der Waals surface area contributed by atoms with Crippen molar-refractivity contribution in [2.24, 2.45) is 5.92 Å². The van der Waals surface area contributed by atoms with E-state index >= 15 is 0 Å². The molecule has 0 radical (unpaired) electrons. The van der Waals surface area contributed by atoms with Gasteiger partial charge >= 0.3 is 5.69 Å². The van der Waals surface area contributed by atoms with Gasteiger partial charge < -0.3 is 5.32 Å². The largest absolute Gasteiger partial charge is 0.365 e. The third kappa shape index (κ3) is 3.95. The Morgan fingerprint density at radius 1 is 1.31 bits per heavy atom. The van der Waals surface area contributed by atoms with E-state index in [1.807, 2.05) is 25.1 Å². The lowest BCUT2D eigenvalue weighted by Crippen LogP contribution is -2.38. The van der Waals surface area contributed by atoms with Crippen molar-refractivity contribution in [1.29, 1.82) is 0 Å². The van der Waals surface area contributed by atoms with Crippen molar-refractivity contribution >= 4 is 33.1 Å². The third-order valence-corrected chi connectivity index (χ3v) is 7.47. The van der Waals surface area contributed by atoms with Crippen LogP contribution in [-0.2, 0) is 30.6 Å². The van der Waals surface area contributed by atoms with Gasteiger partial charge in [0.15, 0.2) is 5.65 Å². The Morgan fingerprint density at radius 3 is 2.94 bits per heavy atom. The molecule has 0 unspecified atom stereocenters. The molecule has 1 N–H and O–H groups in total. The molecule has 0 bridgehead atoms. The van der Waals surface area contributed by atoms with Crippen LogP contribution in [0.1, 0.15) is 42.7 Å². The zero-order chi connectivity index (χ0) is 22.2. The molecule has 0 fully saturated rings. The fourth-order valence-corrected chi connectivity index (χ4v) is 5.90. The molecule has 0 saturated carbocycles. The molecular formula is C24H27N5O2S. The zero-order valence-corrected chi connectivity index (χ0v) is 19.2. The molecule has 1 aliphatic carbocycles. The molecule has 8 heteroatoms. The van der Waals surface area contributed by atoms with Crippen molar-refractivity contribution in [2.45, 2.75) is 58.5 Å². The Hall–Kier alpha value is -3.00. The van der Waals surface area contributed by atoms with E-state index in [9.17, 15) is 9.59 Å². The second-order valence-electron chi connectivity index (χ2n) is 8.89. The predicted molar refractivity (Wildman–Crippen MR) is 126 cm³/mol. The van der Waals surface area contributed by atoms with Crippen molar-refractivity contribution < 1.29 is 4.79 Å². The van der Waals surface area contributed by atoms with Crippen LogP contribution < -0.4 is 11.0 Å². The maximum absolute atomic E-state index is 12.7. The summed E-state index contributed by atoms with van der Waals surface area (Å²) < 4.78 is 3.01. The number of carbonyl (C=O) groups excluding carboxylic acids is 1. The fraction of sp³-hybridized carbons (Fsp3) is 0.417. The van der Waals surface area contributed by atoms with Gasteiger partial charge in [-0.3, -0.25) is 4.79 Å². The highest BCUT2D eigenvalue weighted by Gasteiger charge is 2.24. The second kappa shape index (κ2) is 8.50. The SMILES string of the molecule is C[C@H]1CCc2c(sc3ncn4c(nc(=O)n4CC(=O)N[C@H](C)CCc4ccccc4)c23)C1. The molecule has 166 valence electrons. The van der Waals surface area contributed by atoms with E-state index in [4.69, 9.17) is 0 Å². The smallest absolute Gasteiger partial charge is 0.352 e. The number of rotatable bonds is 6. The number of fused-ring (bicyclic) bond motifs is 5. The summed E-state index contributed by atoms with van der Waals surface area (Å²) in [6.07, 6.45) is 6.51. The van der Waals surface area contributed by atoms with Crippen LogP contribution in [0.25, 0.3) is 15.9 Å². The average molecular weight is 450 g/mol. The quantitative estimate of drug-likeness (QED) is 0.489. The van der Waals surface area contributed by atoms with Crippen molar-refractivity contribution in [3.05, 3.63) is 63.1 Å². The van der Waals surface area contributed by atoms with Gasteiger partial charge in [0.2, 0.25) is 5.91 Å². The highest BCUT2D eigenvalue weighted by atomic mass is 32.1. The van der Waals surface area contributed by atoms with Crippen molar-refractivity contribution in [1.82, 2.24) is 24.5 Å². The van der Waals surface area contributed by atoms with Crippen LogP contribution in [0.2, 0.25) is 0 Å². The summed E-state index contributed by atoms with van der Waals surface area (Å²) in [4.78, 5) is 36.5. The summed E-state index contributed by atoms with van der Waals surface area (Å²) in [6.45, 7) is 4.18. The van der Waals surface area contributed by atoms with Crippen LogP contribution in [-0.4, -0.2) is 31.1 Å². The van der Waals surface area contributed by atoms with Crippen molar-refractivity contribution in [2.75, 3.05) is 0 Å². The standard InChI is InChI=1S/C24H27N5O2S/c1-15-8-11-18-19(12-15)32-23-21(18)22-27-24(31)28(29(22)14-25-23)13-20(30)26-16(2)9-10-17-6-4-3-5-7-17/h3-7,14-16H,8-13H2,1-2H3,(H,26,30)/t15-,16+/m0/s1. The van der Waals surface area contributed by atoms with E-state index in [1.165, 1.54) is 20.7 Å². The van der Waals surface area contributed by atoms with Gasteiger partial charge in [-0.1, -0.05) is 37.3 Å². The van der Waals surface area contributed by atoms with Crippen LogP contribution in [0.15, 0.2) is 41.5 Å². The number of thiophene rings is 1. The van der Waals surface area contributed by atoms with Gasteiger partial charge in [-0.25, -0.2) is 19.0 Å².